The Morgan fingerprint density at radius 2 is 1.92 bits per heavy atom. The first-order valence-corrected chi connectivity index (χ1v) is 9.45. The molecule has 1 aliphatic carbocycles. The fraction of sp³-hybridized carbons (Fsp3) is 0.300. The van der Waals surface area contributed by atoms with E-state index in [0.29, 0.717) is 22.3 Å². The molecule has 2 aromatic carbocycles. The maximum atomic E-state index is 12.6. The third-order valence-corrected chi connectivity index (χ3v) is 5.89. The summed E-state index contributed by atoms with van der Waals surface area (Å²) < 4.78 is 0. The maximum Gasteiger partial charge on any atom is 0.229 e. The smallest absolute Gasteiger partial charge is 0.229 e. The van der Waals surface area contributed by atoms with Gasteiger partial charge in [-0.15, -0.1) is 0 Å². The molecule has 1 saturated heterocycles. The summed E-state index contributed by atoms with van der Waals surface area (Å²) in [7, 11) is 0. The molecule has 1 aliphatic heterocycles. The number of hydrogen-bond donors (Lipinski definition) is 1. The number of carbonyl (C=O) groups is 2. The topological polar surface area (TPSA) is 49.4 Å². The fourth-order valence-electron chi connectivity index (χ4n) is 3.71. The van der Waals surface area contributed by atoms with Crippen molar-refractivity contribution in [2.45, 2.75) is 25.7 Å². The summed E-state index contributed by atoms with van der Waals surface area (Å²) in [5, 5.41) is 3.68. The molecule has 4 nitrogen and oxygen atoms in total. The fourth-order valence-corrected chi connectivity index (χ4v) is 4.11. The number of nitrogens with zero attached hydrogens (tertiary/aromatic N) is 1. The van der Waals surface area contributed by atoms with Gasteiger partial charge in [-0.2, -0.15) is 0 Å². The Morgan fingerprint density at radius 1 is 1.12 bits per heavy atom. The van der Waals surface area contributed by atoms with Crippen LogP contribution in [0, 0.1) is 5.92 Å². The standard InChI is InChI=1S/C20H18Cl2N2O2/c21-16-5-2-6-17(19(16)22)24-11-14(10-18(24)25)20(26)23-15-8-7-12-3-1-4-13(12)9-15/h2,5-9,14H,1,3-4,10-11H2,(H,23,26)/t14-/m0/s1. The molecule has 0 spiro atoms. The number of anilines is 2. The van der Waals surface area contributed by atoms with Gasteiger partial charge in [-0.1, -0.05) is 35.3 Å². The summed E-state index contributed by atoms with van der Waals surface area (Å²) in [6.07, 6.45) is 3.50. The number of carbonyl (C=O) groups excluding carboxylic acids is 2. The molecule has 1 N–H and O–H groups in total. The first kappa shape index (κ1) is 17.4. The number of benzene rings is 2. The van der Waals surface area contributed by atoms with Gasteiger partial charge in [-0.25, -0.2) is 0 Å². The lowest BCUT2D eigenvalue weighted by Gasteiger charge is -2.18. The summed E-state index contributed by atoms with van der Waals surface area (Å²) in [5.41, 5.74) is 4.01. The van der Waals surface area contributed by atoms with Gasteiger partial charge in [0, 0.05) is 18.7 Å². The minimum atomic E-state index is -0.411. The minimum Gasteiger partial charge on any atom is -0.326 e. The lowest BCUT2D eigenvalue weighted by molar-refractivity contribution is -0.122. The van der Waals surface area contributed by atoms with E-state index < -0.39 is 5.92 Å². The van der Waals surface area contributed by atoms with Crippen LogP contribution in [-0.4, -0.2) is 18.4 Å². The number of nitrogens with one attached hydrogen (secondary N) is 1. The summed E-state index contributed by atoms with van der Waals surface area (Å²) >= 11 is 12.3. The van der Waals surface area contributed by atoms with Crippen LogP contribution in [0.4, 0.5) is 11.4 Å². The first-order chi connectivity index (χ1) is 12.5. The first-order valence-electron chi connectivity index (χ1n) is 8.70. The normalized spacial score (nSPS) is 18.9. The number of halogens is 2. The van der Waals surface area contributed by atoms with Gasteiger partial charge in [0.25, 0.3) is 0 Å². The summed E-state index contributed by atoms with van der Waals surface area (Å²) in [5.74, 6) is -0.675. The van der Waals surface area contributed by atoms with E-state index in [1.807, 2.05) is 12.1 Å². The highest BCUT2D eigenvalue weighted by Gasteiger charge is 2.36. The summed E-state index contributed by atoms with van der Waals surface area (Å²) in [4.78, 5) is 26.6. The van der Waals surface area contributed by atoms with E-state index in [9.17, 15) is 9.59 Å². The zero-order valence-corrected chi connectivity index (χ0v) is 15.6. The second-order valence-corrected chi connectivity index (χ2v) is 7.59. The van der Waals surface area contributed by atoms with Gasteiger partial charge in [-0.05, 0) is 54.7 Å². The Kier molecular flexibility index (Phi) is 4.63. The van der Waals surface area contributed by atoms with Gasteiger partial charge < -0.3 is 10.2 Å². The van der Waals surface area contributed by atoms with Crippen molar-refractivity contribution in [1.82, 2.24) is 0 Å². The highest BCUT2D eigenvalue weighted by Crippen LogP contribution is 2.36. The highest BCUT2D eigenvalue weighted by atomic mass is 35.5. The average molecular weight is 389 g/mol. The molecular formula is C20H18Cl2N2O2. The lowest BCUT2D eigenvalue weighted by Crippen LogP contribution is -2.28. The predicted octanol–water partition coefficient (Wildman–Crippen LogP) is 4.47. The van der Waals surface area contributed by atoms with Crippen LogP contribution in [0.2, 0.25) is 10.0 Å². The highest BCUT2D eigenvalue weighted by molar-refractivity contribution is 6.44. The largest absolute Gasteiger partial charge is 0.326 e. The minimum absolute atomic E-state index is 0.122. The molecule has 0 aromatic heterocycles. The van der Waals surface area contributed by atoms with Crippen LogP contribution < -0.4 is 10.2 Å². The summed E-state index contributed by atoms with van der Waals surface area (Å²) in [6, 6.07) is 11.2. The quantitative estimate of drug-likeness (QED) is 0.842. The number of hydrogen-bond acceptors (Lipinski definition) is 2. The zero-order valence-electron chi connectivity index (χ0n) is 14.1. The molecule has 2 aromatic rings. The Labute approximate surface area is 162 Å². The van der Waals surface area contributed by atoms with Gasteiger partial charge in [-0.3, -0.25) is 9.59 Å². The maximum absolute atomic E-state index is 12.6. The van der Waals surface area contributed by atoms with Crippen LogP contribution in [0.1, 0.15) is 24.0 Å². The van der Waals surface area contributed by atoms with Crippen molar-refractivity contribution >= 4 is 46.4 Å². The molecule has 0 unspecified atom stereocenters. The van der Waals surface area contributed by atoms with Crippen molar-refractivity contribution in [3.63, 3.8) is 0 Å². The van der Waals surface area contributed by atoms with E-state index in [0.717, 1.165) is 18.5 Å². The van der Waals surface area contributed by atoms with Crippen LogP contribution in [0.15, 0.2) is 36.4 Å². The molecule has 1 heterocycles. The van der Waals surface area contributed by atoms with Crippen molar-refractivity contribution in [2.24, 2.45) is 5.92 Å². The van der Waals surface area contributed by atoms with E-state index in [-0.39, 0.29) is 18.2 Å². The van der Waals surface area contributed by atoms with E-state index in [1.165, 1.54) is 17.5 Å². The van der Waals surface area contributed by atoms with Crippen LogP contribution in [0.3, 0.4) is 0 Å². The molecule has 26 heavy (non-hydrogen) atoms. The zero-order chi connectivity index (χ0) is 18.3. The van der Waals surface area contributed by atoms with Crippen LogP contribution in [0.25, 0.3) is 0 Å². The van der Waals surface area contributed by atoms with Crippen LogP contribution in [-0.2, 0) is 22.4 Å². The van der Waals surface area contributed by atoms with E-state index in [4.69, 9.17) is 23.2 Å². The monoisotopic (exact) mass is 388 g/mol. The second kappa shape index (κ2) is 6.93. The molecule has 2 aliphatic rings. The molecule has 1 fully saturated rings. The Hall–Kier alpha value is -2.04. The number of amides is 2. The average Bonchev–Trinajstić information content (AvgIpc) is 3.23. The van der Waals surface area contributed by atoms with E-state index in [1.54, 1.807) is 23.1 Å². The molecule has 0 radical (unpaired) electrons. The van der Waals surface area contributed by atoms with Crippen molar-refractivity contribution in [1.29, 1.82) is 0 Å². The van der Waals surface area contributed by atoms with Gasteiger partial charge >= 0.3 is 0 Å². The van der Waals surface area contributed by atoms with E-state index in [2.05, 4.69) is 11.4 Å². The number of fused-ring (bicyclic) bond motifs is 1. The van der Waals surface area contributed by atoms with Crippen LogP contribution >= 0.6 is 23.2 Å². The van der Waals surface area contributed by atoms with E-state index >= 15 is 0 Å². The second-order valence-electron chi connectivity index (χ2n) is 6.80. The molecule has 0 bridgehead atoms. The number of aryl methyl sites for hydroxylation is 2. The molecule has 4 rings (SSSR count). The molecular weight excluding hydrogens is 371 g/mol. The van der Waals surface area contributed by atoms with Gasteiger partial charge in [0.05, 0.1) is 21.7 Å². The predicted molar refractivity (Wildman–Crippen MR) is 104 cm³/mol. The summed E-state index contributed by atoms with van der Waals surface area (Å²) in [6.45, 7) is 0.301. The third-order valence-electron chi connectivity index (χ3n) is 5.08. The Morgan fingerprint density at radius 3 is 2.77 bits per heavy atom. The van der Waals surface area contributed by atoms with Crippen molar-refractivity contribution in [3.8, 4) is 0 Å². The third kappa shape index (κ3) is 3.19. The van der Waals surface area contributed by atoms with Crippen LogP contribution in [0.5, 0.6) is 0 Å². The van der Waals surface area contributed by atoms with Crippen molar-refractivity contribution in [3.05, 3.63) is 57.6 Å². The molecule has 134 valence electrons. The van der Waals surface area contributed by atoms with Crippen molar-refractivity contribution < 1.29 is 9.59 Å². The number of rotatable bonds is 3. The molecule has 1 atom stereocenters. The lowest BCUT2D eigenvalue weighted by atomic mass is 10.1. The Balaban J connectivity index is 1.48. The molecule has 2 amide bonds. The molecule has 6 heteroatoms. The van der Waals surface area contributed by atoms with Crippen molar-refractivity contribution in [2.75, 3.05) is 16.8 Å². The molecule has 0 saturated carbocycles. The SMILES string of the molecule is O=C(Nc1ccc2c(c1)CCC2)[C@H]1CC(=O)N(c2cccc(Cl)c2Cl)C1. The Bertz CT molecular complexity index is 897. The van der Waals surface area contributed by atoms with Gasteiger partial charge in [0.2, 0.25) is 11.8 Å². The van der Waals surface area contributed by atoms with Gasteiger partial charge in [0.15, 0.2) is 0 Å². The van der Waals surface area contributed by atoms with Gasteiger partial charge in [0.1, 0.15) is 0 Å².